The number of carbonyl (C=O) groups is 3. The largest absolute Gasteiger partial charge is 0.460 e. The summed E-state index contributed by atoms with van der Waals surface area (Å²) in [5.41, 5.74) is 0. The zero-order chi connectivity index (χ0) is 28.4. The third kappa shape index (κ3) is 21.4. The van der Waals surface area contributed by atoms with Crippen LogP contribution in [0.5, 0.6) is 0 Å². The molecule has 0 aliphatic heterocycles. The van der Waals surface area contributed by atoms with Gasteiger partial charge in [-0.05, 0) is 39.0 Å². The summed E-state index contributed by atoms with van der Waals surface area (Å²) in [6, 6.07) is 0. The summed E-state index contributed by atoms with van der Waals surface area (Å²) in [5, 5.41) is 18.0. The lowest BCUT2D eigenvalue weighted by molar-refractivity contribution is -0.141. The van der Waals surface area contributed by atoms with E-state index in [0.717, 1.165) is 19.3 Å². The molecule has 0 amide bonds. The van der Waals surface area contributed by atoms with Gasteiger partial charge in [-0.25, -0.2) is 4.79 Å². The Hall–Kier alpha value is -1.53. The van der Waals surface area contributed by atoms with Crippen molar-refractivity contribution in [3.63, 3.8) is 0 Å². The van der Waals surface area contributed by atoms with Crippen LogP contribution in [0.15, 0.2) is 12.2 Å². The highest BCUT2D eigenvalue weighted by Crippen LogP contribution is 2.27. The topological polar surface area (TPSA) is 101 Å². The van der Waals surface area contributed by atoms with E-state index in [0.29, 0.717) is 12.8 Å². The predicted octanol–water partition coefficient (Wildman–Crippen LogP) is 7.28. The molecule has 0 fully saturated rings. The lowest BCUT2D eigenvalue weighted by atomic mass is 9.80. The molecule has 6 nitrogen and oxygen atoms in total. The van der Waals surface area contributed by atoms with Crippen molar-refractivity contribution in [2.45, 2.75) is 149 Å². The first kappa shape index (κ1) is 36.5. The monoisotopic (exact) mass is 538 g/mol. The van der Waals surface area contributed by atoms with Gasteiger partial charge in [0.2, 0.25) is 0 Å². The first-order valence-corrected chi connectivity index (χ1v) is 15.5. The van der Waals surface area contributed by atoms with E-state index in [2.05, 4.69) is 6.92 Å². The minimum atomic E-state index is -1.08. The summed E-state index contributed by atoms with van der Waals surface area (Å²) in [7, 11) is 0. The summed E-state index contributed by atoms with van der Waals surface area (Å²) in [5.74, 6) is -1.35. The van der Waals surface area contributed by atoms with Gasteiger partial charge in [0.15, 0.2) is 0 Å². The summed E-state index contributed by atoms with van der Waals surface area (Å²) in [6.45, 7) is 4.54. The van der Waals surface area contributed by atoms with Crippen LogP contribution in [-0.2, 0) is 19.1 Å². The van der Waals surface area contributed by atoms with Crippen LogP contribution >= 0.6 is 0 Å². The van der Waals surface area contributed by atoms with Gasteiger partial charge in [-0.1, -0.05) is 116 Å². The Morgan fingerprint density at radius 1 is 0.711 bits per heavy atom. The Labute approximate surface area is 233 Å². The first-order valence-electron chi connectivity index (χ1n) is 15.5. The molecule has 38 heavy (non-hydrogen) atoms. The smallest absolute Gasteiger partial charge is 0.330 e. The zero-order valence-corrected chi connectivity index (χ0v) is 24.8. The molecule has 0 spiro atoms. The second-order valence-electron chi connectivity index (χ2n) is 11.0. The molecule has 222 valence electrons. The molecule has 0 aliphatic rings. The summed E-state index contributed by atoms with van der Waals surface area (Å²) in [6.07, 6.45) is 25.0. The molecular weight excluding hydrogens is 480 g/mol. The van der Waals surface area contributed by atoms with Crippen molar-refractivity contribution in [3.05, 3.63) is 12.2 Å². The van der Waals surface area contributed by atoms with E-state index >= 15 is 0 Å². The van der Waals surface area contributed by atoms with Crippen LogP contribution in [0.25, 0.3) is 0 Å². The van der Waals surface area contributed by atoms with Crippen molar-refractivity contribution in [1.82, 2.24) is 0 Å². The fraction of sp³-hybridized carbons (Fsp3) is 0.844. The fourth-order valence-electron chi connectivity index (χ4n) is 5.15. The summed E-state index contributed by atoms with van der Waals surface area (Å²) < 4.78 is 4.85. The second-order valence-corrected chi connectivity index (χ2v) is 11.0. The van der Waals surface area contributed by atoms with E-state index in [-0.39, 0.29) is 24.1 Å². The minimum Gasteiger partial charge on any atom is -0.460 e. The van der Waals surface area contributed by atoms with Crippen LogP contribution in [0.2, 0.25) is 0 Å². The van der Waals surface area contributed by atoms with Gasteiger partial charge in [0.05, 0.1) is 12.5 Å². The number of ketones is 2. The van der Waals surface area contributed by atoms with E-state index < -0.39 is 24.6 Å². The number of unbranched alkanes of at least 4 members (excludes halogenated alkanes) is 15. The number of carbonyl (C=O) groups excluding carboxylic acids is 3. The molecule has 2 unspecified atom stereocenters. The van der Waals surface area contributed by atoms with E-state index in [4.69, 9.17) is 9.84 Å². The van der Waals surface area contributed by atoms with Crippen LogP contribution in [0.4, 0.5) is 0 Å². The van der Waals surface area contributed by atoms with Gasteiger partial charge >= 0.3 is 5.97 Å². The molecule has 0 aliphatic carbocycles. The Bertz CT molecular complexity index is 615. The van der Waals surface area contributed by atoms with Crippen LogP contribution in [0, 0.1) is 11.8 Å². The molecule has 0 saturated heterocycles. The van der Waals surface area contributed by atoms with Gasteiger partial charge in [0.1, 0.15) is 24.3 Å². The summed E-state index contributed by atoms with van der Waals surface area (Å²) in [4.78, 5) is 36.0. The van der Waals surface area contributed by atoms with Crippen LogP contribution in [-0.4, -0.2) is 47.1 Å². The Kier molecular flexibility index (Phi) is 24.7. The van der Waals surface area contributed by atoms with E-state index in [1.165, 1.54) is 110 Å². The number of hydrogen-bond acceptors (Lipinski definition) is 6. The number of esters is 1. The van der Waals surface area contributed by atoms with E-state index in [9.17, 15) is 19.5 Å². The van der Waals surface area contributed by atoms with Gasteiger partial charge in [-0.2, -0.15) is 0 Å². The molecule has 6 heteroatoms. The quantitative estimate of drug-likeness (QED) is 0.0493. The van der Waals surface area contributed by atoms with Crippen molar-refractivity contribution >= 4 is 17.5 Å². The Morgan fingerprint density at radius 2 is 1.16 bits per heavy atom. The Balaban J connectivity index is 4.09. The van der Waals surface area contributed by atoms with Crippen molar-refractivity contribution in [2.24, 2.45) is 11.8 Å². The second kappa shape index (κ2) is 25.7. The number of allylic oxidation sites excluding steroid dienone is 1. The fourth-order valence-corrected chi connectivity index (χ4v) is 5.15. The van der Waals surface area contributed by atoms with Crippen LogP contribution < -0.4 is 0 Å². The lowest BCUT2D eigenvalue weighted by Crippen LogP contribution is -2.28. The first-order chi connectivity index (χ1) is 18.3. The maximum absolute atomic E-state index is 12.2. The average molecular weight is 539 g/mol. The van der Waals surface area contributed by atoms with Crippen molar-refractivity contribution in [3.8, 4) is 0 Å². The molecule has 2 atom stereocenters. The standard InChI is InChI=1S/C32H58O6/c1-4-5-6-7-8-9-10-11-12-13-14-15-16-17-18-19-22-29(32(27(2)34)28(3)35)23-20-21-24-31(37)38-26-30(36)25-33/h21,24,29-30,32-33,36H,4-20,22-23,25-26H2,1-3H3/b24-21+. The highest BCUT2D eigenvalue weighted by molar-refractivity contribution is 6.00. The SMILES string of the molecule is CCCCCCCCCCCCCCCCCCC(CC/C=C/C(=O)OCC(O)CO)C(C(C)=O)C(C)=O. The number of ether oxygens (including phenoxy) is 1. The molecule has 0 aromatic heterocycles. The maximum Gasteiger partial charge on any atom is 0.330 e. The van der Waals surface area contributed by atoms with E-state index in [1.54, 1.807) is 6.08 Å². The van der Waals surface area contributed by atoms with Gasteiger partial charge < -0.3 is 14.9 Å². The number of aliphatic hydroxyl groups is 2. The van der Waals surface area contributed by atoms with Gasteiger partial charge in [0.25, 0.3) is 0 Å². The Morgan fingerprint density at radius 3 is 1.58 bits per heavy atom. The molecule has 0 aromatic rings. The van der Waals surface area contributed by atoms with Gasteiger partial charge in [-0.3, -0.25) is 9.59 Å². The third-order valence-electron chi connectivity index (χ3n) is 7.36. The van der Waals surface area contributed by atoms with Crippen molar-refractivity contribution in [1.29, 1.82) is 0 Å². The summed E-state index contributed by atoms with van der Waals surface area (Å²) >= 11 is 0. The number of rotatable bonds is 27. The molecule has 0 heterocycles. The minimum absolute atomic E-state index is 0.0199. The molecule has 0 radical (unpaired) electrons. The number of hydrogen-bond donors (Lipinski definition) is 2. The zero-order valence-electron chi connectivity index (χ0n) is 24.8. The maximum atomic E-state index is 12.2. The van der Waals surface area contributed by atoms with Gasteiger partial charge in [-0.15, -0.1) is 0 Å². The van der Waals surface area contributed by atoms with Crippen LogP contribution in [0.1, 0.15) is 143 Å². The molecular formula is C32H58O6. The number of Topliss-reactive ketones (excluding diaryl/α,β-unsaturated/α-hetero) is 2. The molecule has 0 bridgehead atoms. The normalized spacial score (nSPS) is 13.2. The van der Waals surface area contributed by atoms with Crippen molar-refractivity contribution in [2.75, 3.05) is 13.2 Å². The predicted molar refractivity (Wildman–Crippen MR) is 155 cm³/mol. The number of aliphatic hydroxyl groups excluding tert-OH is 2. The highest BCUT2D eigenvalue weighted by atomic mass is 16.5. The van der Waals surface area contributed by atoms with E-state index in [1.807, 2.05) is 0 Å². The molecule has 0 rings (SSSR count). The average Bonchev–Trinajstić information content (AvgIpc) is 2.88. The molecule has 0 aromatic carbocycles. The van der Waals surface area contributed by atoms with Gasteiger partial charge in [0, 0.05) is 6.08 Å². The molecule has 0 saturated carbocycles. The van der Waals surface area contributed by atoms with Crippen LogP contribution in [0.3, 0.4) is 0 Å². The highest BCUT2D eigenvalue weighted by Gasteiger charge is 2.28. The van der Waals surface area contributed by atoms with Crippen molar-refractivity contribution < 1.29 is 29.3 Å². The third-order valence-corrected chi connectivity index (χ3v) is 7.36. The molecule has 2 N–H and O–H groups in total. The lowest BCUT2D eigenvalue weighted by Gasteiger charge is -2.23.